The summed E-state index contributed by atoms with van der Waals surface area (Å²) in [6.45, 7) is 5.44. The standard InChI is InChI=1S/C14H19FN2O3/c1-4-17(10(3)8-13(18)19)14(20)16-11-5-6-12(15)9(2)7-11/h5-7,10H,4,8H2,1-3H3,(H,16,20)(H,18,19). The van der Waals surface area contributed by atoms with Crippen LogP contribution in [0.5, 0.6) is 0 Å². The highest BCUT2D eigenvalue weighted by Gasteiger charge is 2.20. The summed E-state index contributed by atoms with van der Waals surface area (Å²) >= 11 is 0. The van der Waals surface area contributed by atoms with Crippen LogP contribution >= 0.6 is 0 Å². The molecule has 0 saturated carbocycles. The Balaban J connectivity index is 2.76. The van der Waals surface area contributed by atoms with Crippen molar-refractivity contribution < 1.29 is 19.1 Å². The van der Waals surface area contributed by atoms with E-state index < -0.39 is 18.0 Å². The zero-order chi connectivity index (χ0) is 15.3. The molecule has 0 aromatic heterocycles. The molecule has 0 saturated heterocycles. The van der Waals surface area contributed by atoms with Crippen LogP contribution in [-0.4, -0.2) is 34.6 Å². The predicted octanol–water partition coefficient (Wildman–Crippen LogP) is 2.85. The number of anilines is 1. The average molecular weight is 282 g/mol. The van der Waals surface area contributed by atoms with Gasteiger partial charge in [-0.3, -0.25) is 4.79 Å². The molecule has 110 valence electrons. The van der Waals surface area contributed by atoms with Gasteiger partial charge in [-0.2, -0.15) is 0 Å². The Labute approximate surface area is 117 Å². The number of carboxylic acid groups (broad SMARTS) is 1. The first kappa shape index (κ1) is 15.9. The van der Waals surface area contributed by atoms with Gasteiger partial charge in [0.1, 0.15) is 5.82 Å². The van der Waals surface area contributed by atoms with Crippen LogP contribution in [0.3, 0.4) is 0 Å². The highest BCUT2D eigenvalue weighted by molar-refractivity contribution is 5.89. The number of hydrogen-bond acceptors (Lipinski definition) is 2. The molecule has 6 heteroatoms. The van der Waals surface area contributed by atoms with Crippen molar-refractivity contribution in [3.63, 3.8) is 0 Å². The lowest BCUT2D eigenvalue weighted by molar-refractivity contribution is -0.137. The van der Waals surface area contributed by atoms with Crippen LogP contribution in [0.4, 0.5) is 14.9 Å². The summed E-state index contributed by atoms with van der Waals surface area (Å²) in [6, 6.07) is 3.46. The normalized spacial score (nSPS) is 11.8. The molecule has 1 aromatic rings. The second-order valence-corrected chi connectivity index (χ2v) is 4.63. The van der Waals surface area contributed by atoms with E-state index in [0.29, 0.717) is 17.8 Å². The van der Waals surface area contributed by atoms with E-state index in [0.717, 1.165) is 0 Å². The van der Waals surface area contributed by atoms with Crippen LogP contribution in [0, 0.1) is 12.7 Å². The van der Waals surface area contributed by atoms with Gasteiger partial charge in [-0.05, 0) is 44.5 Å². The molecular weight excluding hydrogens is 263 g/mol. The number of rotatable bonds is 5. The van der Waals surface area contributed by atoms with Crippen LogP contribution in [0.2, 0.25) is 0 Å². The van der Waals surface area contributed by atoms with E-state index in [4.69, 9.17) is 5.11 Å². The molecule has 0 aliphatic carbocycles. The van der Waals surface area contributed by atoms with Gasteiger partial charge in [0.05, 0.1) is 6.42 Å². The number of amides is 2. The molecule has 1 rings (SSSR count). The number of aryl methyl sites for hydroxylation is 1. The lowest BCUT2D eigenvalue weighted by atomic mass is 10.2. The van der Waals surface area contributed by atoms with Gasteiger partial charge in [-0.25, -0.2) is 9.18 Å². The summed E-state index contributed by atoms with van der Waals surface area (Å²) in [5.41, 5.74) is 0.916. The molecule has 0 radical (unpaired) electrons. The summed E-state index contributed by atoms with van der Waals surface area (Å²) in [5, 5.41) is 11.4. The molecule has 20 heavy (non-hydrogen) atoms. The van der Waals surface area contributed by atoms with Crippen molar-refractivity contribution in [1.29, 1.82) is 0 Å². The maximum absolute atomic E-state index is 13.1. The van der Waals surface area contributed by atoms with Crippen molar-refractivity contribution >= 4 is 17.7 Å². The monoisotopic (exact) mass is 282 g/mol. The van der Waals surface area contributed by atoms with E-state index in [-0.39, 0.29) is 12.2 Å². The Morgan fingerprint density at radius 3 is 2.60 bits per heavy atom. The van der Waals surface area contributed by atoms with Crippen LogP contribution in [0.1, 0.15) is 25.8 Å². The van der Waals surface area contributed by atoms with Crippen LogP contribution in [-0.2, 0) is 4.79 Å². The number of nitrogens with zero attached hydrogens (tertiary/aromatic N) is 1. The number of carbonyl (C=O) groups excluding carboxylic acids is 1. The molecule has 5 nitrogen and oxygen atoms in total. The average Bonchev–Trinajstić information content (AvgIpc) is 2.33. The second kappa shape index (κ2) is 6.88. The maximum Gasteiger partial charge on any atom is 0.322 e. The van der Waals surface area contributed by atoms with Gasteiger partial charge in [0, 0.05) is 18.3 Å². The minimum absolute atomic E-state index is 0.121. The molecule has 2 amide bonds. The number of urea groups is 1. The first-order chi connectivity index (χ1) is 9.35. The smallest absolute Gasteiger partial charge is 0.322 e. The summed E-state index contributed by atoms with van der Waals surface area (Å²) in [6.07, 6.45) is -0.121. The van der Waals surface area contributed by atoms with Crippen molar-refractivity contribution in [2.75, 3.05) is 11.9 Å². The lowest BCUT2D eigenvalue weighted by Gasteiger charge is -2.27. The largest absolute Gasteiger partial charge is 0.481 e. The van der Waals surface area contributed by atoms with Crippen molar-refractivity contribution in [2.45, 2.75) is 33.2 Å². The molecule has 1 aromatic carbocycles. The zero-order valence-corrected chi connectivity index (χ0v) is 11.8. The third-order valence-electron chi connectivity index (χ3n) is 3.01. The Morgan fingerprint density at radius 1 is 1.45 bits per heavy atom. The number of carbonyl (C=O) groups is 2. The summed E-state index contributed by atoms with van der Waals surface area (Å²) in [4.78, 5) is 24.2. The van der Waals surface area contributed by atoms with Crippen LogP contribution in [0.15, 0.2) is 18.2 Å². The summed E-state index contributed by atoms with van der Waals surface area (Å²) < 4.78 is 13.1. The Kier molecular flexibility index (Phi) is 5.49. The van der Waals surface area contributed by atoms with Gasteiger partial charge in [-0.15, -0.1) is 0 Å². The number of halogens is 1. The number of benzene rings is 1. The number of aliphatic carboxylic acids is 1. The van der Waals surface area contributed by atoms with Gasteiger partial charge >= 0.3 is 12.0 Å². The van der Waals surface area contributed by atoms with Gasteiger partial charge in [0.15, 0.2) is 0 Å². The number of nitrogens with one attached hydrogen (secondary N) is 1. The fraction of sp³-hybridized carbons (Fsp3) is 0.429. The van der Waals surface area contributed by atoms with Crippen molar-refractivity contribution in [3.05, 3.63) is 29.6 Å². The Morgan fingerprint density at radius 2 is 2.10 bits per heavy atom. The lowest BCUT2D eigenvalue weighted by Crippen LogP contribution is -2.42. The van der Waals surface area contributed by atoms with E-state index in [1.807, 2.05) is 0 Å². The Hall–Kier alpha value is -2.11. The quantitative estimate of drug-likeness (QED) is 0.872. The first-order valence-corrected chi connectivity index (χ1v) is 6.40. The third-order valence-corrected chi connectivity index (χ3v) is 3.01. The van der Waals surface area contributed by atoms with Crippen molar-refractivity contribution in [1.82, 2.24) is 4.90 Å². The molecule has 0 heterocycles. The number of carboxylic acids is 1. The van der Waals surface area contributed by atoms with Crippen molar-refractivity contribution in [3.8, 4) is 0 Å². The molecular formula is C14H19FN2O3. The first-order valence-electron chi connectivity index (χ1n) is 6.40. The third kappa shape index (κ3) is 4.22. The SMILES string of the molecule is CCN(C(=O)Nc1ccc(F)c(C)c1)C(C)CC(=O)O. The minimum Gasteiger partial charge on any atom is -0.481 e. The topological polar surface area (TPSA) is 69.6 Å². The zero-order valence-electron chi connectivity index (χ0n) is 11.8. The van der Waals surface area contributed by atoms with Gasteiger partial charge < -0.3 is 15.3 Å². The van der Waals surface area contributed by atoms with E-state index in [1.54, 1.807) is 20.8 Å². The van der Waals surface area contributed by atoms with E-state index in [2.05, 4.69) is 5.32 Å². The van der Waals surface area contributed by atoms with Crippen molar-refractivity contribution in [2.24, 2.45) is 0 Å². The fourth-order valence-electron chi connectivity index (χ4n) is 1.94. The van der Waals surface area contributed by atoms with Gasteiger partial charge in [-0.1, -0.05) is 0 Å². The van der Waals surface area contributed by atoms with E-state index in [9.17, 15) is 14.0 Å². The molecule has 1 atom stereocenters. The van der Waals surface area contributed by atoms with E-state index >= 15 is 0 Å². The molecule has 1 unspecified atom stereocenters. The summed E-state index contributed by atoms with van der Waals surface area (Å²) in [7, 11) is 0. The molecule has 0 bridgehead atoms. The molecule has 0 fully saturated rings. The molecule has 0 aliphatic heterocycles. The Bertz CT molecular complexity index is 505. The van der Waals surface area contributed by atoms with Crippen LogP contribution in [0.25, 0.3) is 0 Å². The molecule has 0 spiro atoms. The maximum atomic E-state index is 13.1. The number of hydrogen-bond donors (Lipinski definition) is 2. The summed E-state index contributed by atoms with van der Waals surface area (Å²) in [5.74, 6) is -1.30. The fourth-order valence-corrected chi connectivity index (χ4v) is 1.94. The van der Waals surface area contributed by atoms with Crippen LogP contribution < -0.4 is 5.32 Å². The highest BCUT2D eigenvalue weighted by Crippen LogP contribution is 2.15. The molecule has 2 N–H and O–H groups in total. The van der Waals surface area contributed by atoms with E-state index in [1.165, 1.54) is 23.1 Å². The predicted molar refractivity (Wildman–Crippen MR) is 74.3 cm³/mol. The second-order valence-electron chi connectivity index (χ2n) is 4.63. The molecule has 0 aliphatic rings. The van der Waals surface area contributed by atoms with Gasteiger partial charge in [0.2, 0.25) is 0 Å². The highest BCUT2D eigenvalue weighted by atomic mass is 19.1. The van der Waals surface area contributed by atoms with Gasteiger partial charge in [0.25, 0.3) is 0 Å². The minimum atomic E-state index is -0.957.